The first-order chi connectivity index (χ1) is 8.72. The van der Waals surface area contributed by atoms with Gasteiger partial charge in [-0.15, -0.1) is 0 Å². The number of anilines is 1. The van der Waals surface area contributed by atoms with Crippen LogP contribution < -0.4 is 4.90 Å². The molecule has 0 aromatic carbocycles. The Morgan fingerprint density at radius 2 is 1.83 bits per heavy atom. The van der Waals surface area contributed by atoms with Crippen LogP contribution in [0, 0.1) is 6.92 Å². The number of hydrogen-bond donors (Lipinski definition) is 0. The number of rotatable bonds is 8. The minimum atomic E-state index is 0.686. The van der Waals surface area contributed by atoms with Crippen LogP contribution >= 0.6 is 15.9 Å². The normalized spacial score (nSPS) is 10.7. The molecule has 1 rings (SSSR count). The first-order valence-corrected chi connectivity index (χ1v) is 7.09. The van der Waals surface area contributed by atoms with Crippen molar-refractivity contribution in [2.75, 3.05) is 45.4 Å². The van der Waals surface area contributed by atoms with Crippen molar-refractivity contribution in [3.63, 3.8) is 0 Å². The Kier molecular flexibility index (Phi) is 7.23. The van der Waals surface area contributed by atoms with Crippen molar-refractivity contribution in [1.29, 1.82) is 0 Å². The van der Waals surface area contributed by atoms with Crippen LogP contribution in [0.15, 0.2) is 12.3 Å². The topological polar surface area (TPSA) is 34.6 Å². The molecule has 1 aromatic heterocycles. The molecule has 1 heterocycles. The molecule has 0 radical (unpaired) electrons. The van der Waals surface area contributed by atoms with Gasteiger partial charge in [-0.3, -0.25) is 0 Å². The molecule has 5 heteroatoms. The first-order valence-electron chi connectivity index (χ1n) is 5.97. The molecule has 18 heavy (non-hydrogen) atoms. The van der Waals surface area contributed by atoms with Crippen molar-refractivity contribution in [2.45, 2.75) is 12.3 Å². The van der Waals surface area contributed by atoms with Crippen molar-refractivity contribution in [2.24, 2.45) is 0 Å². The van der Waals surface area contributed by atoms with Crippen LogP contribution in [-0.4, -0.2) is 45.5 Å². The van der Waals surface area contributed by atoms with E-state index in [2.05, 4.69) is 38.8 Å². The summed E-state index contributed by atoms with van der Waals surface area (Å²) >= 11 is 3.44. The lowest BCUT2D eigenvalue weighted by atomic mass is 10.2. The average Bonchev–Trinajstić information content (AvgIpc) is 2.39. The van der Waals surface area contributed by atoms with E-state index in [0.29, 0.717) is 13.2 Å². The molecule has 0 saturated carbocycles. The second-order valence-corrected chi connectivity index (χ2v) is 4.65. The van der Waals surface area contributed by atoms with Crippen LogP contribution in [0.4, 0.5) is 5.82 Å². The van der Waals surface area contributed by atoms with Gasteiger partial charge in [-0.1, -0.05) is 22.0 Å². The van der Waals surface area contributed by atoms with Crippen LogP contribution in [0.3, 0.4) is 0 Å². The van der Waals surface area contributed by atoms with Gasteiger partial charge in [0.2, 0.25) is 0 Å². The molecular formula is C13H21BrN2O2. The zero-order chi connectivity index (χ0) is 13.4. The predicted octanol–water partition coefficient (Wildman–Crippen LogP) is 2.38. The van der Waals surface area contributed by atoms with Crippen molar-refractivity contribution in [1.82, 2.24) is 4.98 Å². The van der Waals surface area contributed by atoms with Gasteiger partial charge in [-0.05, 0) is 18.1 Å². The number of methoxy groups -OCH3 is 2. The van der Waals surface area contributed by atoms with Gasteiger partial charge in [0.25, 0.3) is 0 Å². The van der Waals surface area contributed by atoms with E-state index in [-0.39, 0.29) is 0 Å². The quantitative estimate of drug-likeness (QED) is 0.690. The molecule has 1 aromatic rings. The van der Waals surface area contributed by atoms with E-state index in [1.807, 2.05) is 6.20 Å². The molecule has 0 bridgehead atoms. The summed E-state index contributed by atoms with van der Waals surface area (Å²) in [4.78, 5) is 6.73. The summed E-state index contributed by atoms with van der Waals surface area (Å²) in [6, 6.07) is 2.16. The van der Waals surface area contributed by atoms with E-state index in [1.54, 1.807) is 14.2 Å². The molecule has 0 aliphatic heterocycles. The molecule has 0 unspecified atom stereocenters. The molecule has 0 saturated heterocycles. The standard InChI is InChI=1S/C13H21BrN2O2/c1-11-8-12(9-14)10-15-13(11)16(4-6-17-2)5-7-18-3/h8,10H,4-7,9H2,1-3H3. The summed E-state index contributed by atoms with van der Waals surface area (Å²) in [6.07, 6.45) is 1.91. The minimum Gasteiger partial charge on any atom is -0.383 e. The van der Waals surface area contributed by atoms with Crippen LogP contribution in [0.1, 0.15) is 11.1 Å². The monoisotopic (exact) mass is 316 g/mol. The van der Waals surface area contributed by atoms with Gasteiger partial charge < -0.3 is 14.4 Å². The van der Waals surface area contributed by atoms with E-state index in [9.17, 15) is 0 Å². The number of aromatic nitrogens is 1. The van der Waals surface area contributed by atoms with Gasteiger partial charge in [-0.25, -0.2) is 4.98 Å². The number of pyridine rings is 1. The summed E-state index contributed by atoms with van der Waals surface area (Å²) < 4.78 is 10.3. The fourth-order valence-electron chi connectivity index (χ4n) is 1.76. The molecule has 0 aliphatic rings. The highest BCUT2D eigenvalue weighted by molar-refractivity contribution is 9.08. The summed E-state index contributed by atoms with van der Waals surface area (Å²) in [5, 5.41) is 0.831. The number of ether oxygens (including phenoxy) is 2. The molecule has 102 valence electrons. The van der Waals surface area contributed by atoms with Crippen molar-refractivity contribution >= 4 is 21.7 Å². The zero-order valence-electron chi connectivity index (χ0n) is 11.3. The van der Waals surface area contributed by atoms with E-state index < -0.39 is 0 Å². The second-order valence-electron chi connectivity index (χ2n) is 4.09. The van der Waals surface area contributed by atoms with Gasteiger partial charge in [0.1, 0.15) is 5.82 Å². The fourth-order valence-corrected chi connectivity index (χ4v) is 2.06. The average molecular weight is 317 g/mol. The Morgan fingerprint density at radius 1 is 1.22 bits per heavy atom. The van der Waals surface area contributed by atoms with Crippen molar-refractivity contribution in [3.8, 4) is 0 Å². The van der Waals surface area contributed by atoms with E-state index in [1.165, 1.54) is 11.1 Å². The lowest BCUT2D eigenvalue weighted by Crippen LogP contribution is -2.32. The smallest absolute Gasteiger partial charge is 0.131 e. The fraction of sp³-hybridized carbons (Fsp3) is 0.615. The van der Waals surface area contributed by atoms with E-state index in [0.717, 1.165) is 24.2 Å². The number of aryl methyl sites for hydroxylation is 1. The zero-order valence-corrected chi connectivity index (χ0v) is 12.9. The summed E-state index contributed by atoms with van der Waals surface area (Å²) in [5.41, 5.74) is 2.37. The van der Waals surface area contributed by atoms with Crippen LogP contribution in [0.2, 0.25) is 0 Å². The first kappa shape index (κ1) is 15.4. The number of halogens is 1. The van der Waals surface area contributed by atoms with Gasteiger partial charge in [0, 0.05) is 38.8 Å². The van der Waals surface area contributed by atoms with Crippen LogP contribution in [0.25, 0.3) is 0 Å². The second kappa shape index (κ2) is 8.45. The highest BCUT2D eigenvalue weighted by Crippen LogP contribution is 2.18. The number of alkyl halides is 1. The summed E-state index contributed by atoms with van der Waals surface area (Å²) in [7, 11) is 3.42. The predicted molar refractivity (Wildman–Crippen MR) is 77.6 cm³/mol. The maximum absolute atomic E-state index is 5.14. The van der Waals surface area contributed by atoms with Crippen molar-refractivity contribution in [3.05, 3.63) is 23.4 Å². The van der Waals surface area contributed by atoms with Gasteiger partial charge >= 0.3 is 0 Å². The molecule has 4 nitrogen and oxygen atoms in total. The lowest BCUT2D eigenvalue weighted by Gasteiger charge is -2.24. The molecule has 0 amide bonds. The largest absolute Gasteiger partial charge is 0.383 e. The Hall–Kier alpha value is -0.650. The minimum absolute atomic E-state index is 0.686. The molecule has 0 aliphatic carbocycles. The van der Waals surface area contributed by atoms with Crippen LogP contribution in [-0.2, 0) is 14.8 Å². The Morgan fingerprint density at radius 3 is 2.28 bits per heavy atom. The number of hydrogen-bond acceptors (Lipinski definition) is 4. The Labute approximate surface area is 117 Å². The molecular weight excluding hydrogens is 296 g/mol. The SMILES string of the molecule is COCCN(CCOC)c1ncc(CBr)cc1C. The Balaban J connectivity index is 2.82. The maximum Gasteiger partial charge on any atom is 0.131 e. The summed E-state index contributed by atoms with van der Waals surface area (Å²) in [6.45, 7) is 5.10. The summed E-state index contributed by atoms with van der Waals surface area (Å²) in [5.74, 6) is 1.01. The third kappa shape index (κ3) is 4.55. The van der Waals surface area contributed by atoms with Gasteiger partial charge in [0.05, 0.1) is 13.2 Å². The van der Waals surface area contributed by atoms with Gasteiger partial charge in [0.15, 0.2) is 0 Å². The lowest BCUT2D eigenvalue weighted by molar-refractivity contribution is 0.190. The molecule has 0 spiro atoms. The van der Waals surface area contributed by atoms with E-state index >= 15 is 0 Å². The molecule has 0 atom stereocenters. The van der Waals surface area contributed by atoms with Crippen LogP contribution in [0.5, 0.6) is 0 Å². The van der Waals surface area contributed by atoms with E-state index in [4.69, 9.17) is 9.47 Å². The third-order valence-electron chi connectivity index (χ3n) is 2.69. The molecule has 0 N–H and O–H groups in total. The van der Waals surface area contributed by atoms with Gasteiger partial charge in [-0.2, -0.15) is 0 Å². The maximum atomic E-state index is 5.14. The highest BCUT2D eigenvalue weighted by Gasteiger charge is 2.10. The number of nitrogens with zero attached hydrogens (tertiary/aromatic N) is 2. The Bertz CT molecular complexity index is 353. The van der Waals surface area contributed by atoms with Crippen molar-refractivity contribution < 1.29 is 9.47 Å². The molecule has 0 fully saturated rings. The highest BCUT2D eigenvalue weighted by atomic mass is 79.9. The third-order valence-corrected chi connectivity index (χ3v) is 3.34.